The van der Waals surface area contributed by atoms with Gasteiger partial charge in [-0.15, -0.1) is 0 Å². The summed E-state index contributed by atoms with van der Waals surface area (Å²) in [6.45, 7) is -0.505. The van der Waals surface area contributed by atoms with Crippen LogP contribution in [0.5, 0.6) is 17.2 Å². The molecule has 32 heavy (non-hydrogen) atoms. The maximum Gasteiger partial charge on any atom is 0.416 e. The quantitative estimate of drug-likeness (QED) is 0.431. The topological polar surface area (TPSA) is 92.3 Å². The lowest BCUT2D eigenvalue weighted by Gasteiger charge is -2.15. The van der Waals surface area contributed by atoms with E-state index in [1.165, 1.54) is 39.5 Å². The van der Waals surface area contributed by atoms with Crippen molar-refractivity contribution in [2.75, 3.05) is 46.5 Å². The standard InChI is InChI=1S/C21H22F3NO7/c1-28-8-9-31-17-7-4-13(21(22,23)24)10-16(17)25-19(26)12-32-20(27)15-6-5-14(29-2)11-18(15)30-3/h4-7,10-11H,8-9,12H2,1-3H3,(H,25,26). The average molecular weight is 457 g/mol. The highest BCUT2D eigenvalue weighted by molar-refractivity contribution is 5.97. The molecule has 0 saturated carbocycles. The van der Waals surface area contributed by atoms with Gasteiger partial charge in [-0.2, -0.15) is 13.2 Å². The lowest BCUT2D eigenvalue weighted by Crippen LogP contribution is -2.22. The highest BCUT2D eigenvalue weighted by Crippen LogP contribution is 2.35. The molecule has 0 spiro atoms. The summed E-state index contributed by atoms with van der Waals surface area (Å²) < 4.78 is 64.4. The molecule has 0 aliphatic rings. The molecule has 174 valence electrons. The molecule has 2 rings (SSSR count). The smallest absolute Gasteiger partial charge is 0.416 e. The van der Waals surface area contributed by atoms with Gasteiger partial charge in [0.25, 0.3) is 5.91 Å². The Morgan fingerprint density at radius 2 is 1.69 bits per heavy atom. The van der Waals surface area contributed by atoms with Crippen LogP contribution in [-0.2, 0) is 20.4 Å². The van der Waals surface area contributed by atoms with Gasteiger partial charge in [-0.1, -0.05) is 0 Å². The summed E-state index contributed by atoms with van der Waals surface area (Å²) in [5, 5.41) is 2.27. The summed E-state index contributed by atoms with van der Waals surface area (Å²) in [6, 6.07) is 7.01. The van der Waals surface area contributed by atoms with Crippen LogP contribution in [-0.4, -0.2) is 53.0 Å². The Labute approximate surface area is 182 Å². The van der Waals surface area contributed by atoms with E-state index in [2.05, 4.69) is 5.32 Å². The number of esters is 1. The predicted octanol–water partition coefficient (Wildman–Crippen LogP) is 3.54. The highest BCUT2D eigenvalue weighted by atomic mass is 19.4. The van der Waals surface area contributed by atoms with Crippen molar-refractivity contribution >= 4 is 17.6 Å². The molecule has 11 heteroatoms. The molecular weight excluding hydrogens is 435 g/mol. The SMILES string of the molecule is COCCOc1ccc(C(F)(F)F)cc1NC(=O)COC(=O)c1ccc(OC)cc1OC. The Hall–Kier alpha value is -3.47. The molecule has 0 aromatic heterocycles. The number of carbonyl (C=O) groups is 2. The Bertz CT molecular complexity index is 947. The fourth-order valence-corrected chi connectivity index (χ4v) is 2.53. The molecule has 1 amide bonds. The zero-order chi connectivity index (χ0) is 23.7. The molecule has 1 N–H and O–H groups in total. The molecular formula is C21H22F3NO7. The number of ether oxygens (including phenoxy) is 5. The first-order valence-corrected chi connectivity index (χ1v) is 9.21. The van der Waals surface area contributed by atoms with E-state index in [0.29, 0.717) is 5.75 Å². The van der Waals surface area contributed by atoms with Gasteiger partial charge in [-0.3, -0.25) is 4.79 Å². The molecule has 0 aliphatic heterocycles. The van der Waals surface area contributed by atoms with E-state index in [9.17, 15) is 22.8 Å². The number of anilines is 1. The van der Waals surface area contributed by atoms with Crippen LogP contribution < -0.4 is 19.5 Å². The minimum atomic E-state index is -4.62. The number of methoxy groups -OCH3 is 3. The predicted molar refractivity (Wildman–Crippen MR) is 107 cm³/mol. The summed E-state index contributed by atoms with van der Waals surface area (Å²) in [6.07, 6.45) is -4.62. The lowest BCUT2D eigenvalue weighted by molar-refractivity contribution is -0.137. The zero-order valence-electron chi connectivity index (χ0n) is 17.6. The van der Waals surface area contributed by atoms with Gasteiger partial charge in [-0.25, -0.2) is 4.79 Å². The van der Waals surface area contributed by atoms with Crippen molar-refractivity contribution in [3.63, 3.8) is 0 Å². The van der Waals surface area contributed by atoms with Gasteiger partial charge in [0, 0.05) is 13.2 Å². The molecule has 0 fully saturated rings. The average Bonchev–Trinajstić information content (AvgIpc) is 2.77. The normalized spacial score (nSPS) is 10.9. The molecule has 0 radical (unpaired) electrons. The first-order chi connectivity index (χ1) is 15.2. The Balaban J connectivity index is 2.10. The van der Waals surface area contributed by atoms with Gasteiger partial charge in [-0.05, 0) is 30.3 Å². The number of halogens is 3. The minimum absolute atomic E-state index is 0.00606. The van der Waals surface area contributed by atoms with Crippen LogP contribution in [0.2, 0.25) is 0 Å². The summed E-state index contributed by atoms with van der Waals surface area (Å²) in [4.78, 5) is 24.5. The first kappa shape index (κ1) is 24.8. The van der Waals surface area contributed by atoms with E-state index >= 15 is 0 Å². The van der Waals surface area contributed by atoms with Crippen LogP contribution >= 0.6 is 0 Å². The van der Waals surface area contributed by atoms with Gasteiger partial charge in [0.1, 0.15) is 29.4 Å². The fourth-order valence-electron chi connectivity index (χ4n) is 2.53. The molecule has 2 aromatic carbocycles. The van der Waals surface area contributed by atoms with Crippen LogP contribution in [0, 0.1) is 0 Å². The summed E-state index contributed by atoms with van der Waals surface area (Å²) in [5.41, 5.74) is -1.16. The second kappa shape index (κ2) is 11.2. The third-order valence-electron chi connectivity index (χ3n) is 4.09. The molecule has 2 aromatic rings. The second-order valence-corrected chi connectivity index (χ2v) is 6.24. The van der Waals surface area contributed by atoms with Crippen molar-refractivity contribution in [3.8, 4) is 17.2 Å². The maximum absolute atomic E-state index is 13.0. The van der Waals surface area contributed by atoms with Gasteiger partial charge >= 0.3 is 12.1 Å². The summed E-state index contributed by atoms with van der Waals surface area (Å²) >= 11 is 0. The van der Waals surface area contributed by atoms with Crippen LogP contribution in [0.4, 0.5) is 18.9 Å². The molecule has 0 atom stereocenters. The second-order valence-electron chi connectivity index (χ2n) is 6.24. The third kappa shape index (κ3) is 6.77. The lowest BCUT2D eigenvalue weighted by atomic mass is 10.1. The number of nitrogens with one attached hydrogen (secondary N) is 1. The van der Waals surface area contributed by atoms with Crippen molar-refractivity contribution in [2.45, 2.75) is 6.18 Å². The van der Waals surface area contributed by atoms with E-state index in [4.69, 9.17) is 23.7 Å². The number of carbonyl (C=O) groups excluding carboxylic acids is 2. The Morgan fingerprint density at radius 1 is 0.938 bits per heavy atom. The largest absolute Gasteiger partial charge is 0.497 e. The zero-order valence-corrected chi connectivity index (χ0v) is 17.6. The van der Waals surface area contributed by atoms with Crippen LogP contribution in [0.3, 0.4) is 0 Å². The minimum Gasteiger partial charge on any atom is -0.497 e. The monoisotopic (exact) mass is 457 g/mol. The van der Waals surface area contributed by atoms with Gasteiger partial charge in [0.2, 0.25) is 0 Å². The van der Waals surface area contributed by atoms with Crippen molar-refractivity contribution in [3.05, 3.63) is 47.5 Å². The number of benzene rings is 2. The van der Waals surface area contributed by atoms with E-state index in [1.54, 1.807) is 0 Å². The van der Waals surface area contributed by atoms with Crippen molar-refractivity contribution < 1.29 is 46.4 Å². The number of rotatable bonds is 10. The number of hydrogen-bond acceptors (Lipinski definition) is 7. The van der Waals surface area contributed by atoms with Crippen LogP contribution in [0.15, 0.2) is 36.4 Å². The first-order valence-electron chi connectivity index (χ1n) is 9.21. The summed E-state index contributed by atoms with van der Waals surface area (Å²) in [5.74, 6) is -1.10. The van der Waals surface area contributed by atoms with Gasteiger partial charge in [0.05, 0.1) is 32.1 Å². The molecule has 0 unspecified atom stereocenters. The molecule has 0 heterocycles. The van der Waals surface area contributed by atoms with E-state index in [1.807, 2.05) is 0 Å². The van der Waals surface area contributed by atoms with Gasteiger partial charge < -0.3 is 29.0 Å². The number of hydrogen-bond donors (Lipinski definition) is 1. The summed E-state index contributed by atoms with van der Waals surface area (Å²) in [7, 11) is 4.22. The fraction of sp³-hybridized carbons (Fsp3) is 0.333. The van der Waals surface area contributed by atoms with E-state index in [0.717, 1.165) is 18.2 Å². The van der Waals surface area contributed by atoms with Crippen molar-refractivity contribution in [2.24, 2.45) is 0 Å². The molecule has 0 saturated heterocycles. The third-order valence-corrected chi connectivity index (χ3v) is 4.09. The van der Waals surface area contributed by atoms with Crippen molar-refractivity contribution in [1.82, 2.24) is 0 Å². The van der Waals surface area contributed by atoms with Crippen molar-refractivity contribution in [1.29, 1.82) is 0 Å². The van der Waals surface area contributed by atoms with E-state index in [-0.39, 0.29) is 36.0 Å². The Kier molecular flexibility index (Phi) is 8.71. The number of alkyl halides is 3. The molecule has 0 bridgehead atoms. The number of amides is 1. The molecule has 8 nitrogen and oxygen atoms in total. The van der Waals surface area contributed by atoms with Gasteiger partial charge in [0.15, 0.2) is 6.61 Å². The Morgan fingerprint density at radius 3 is 2.31 bits per heavy atom. The maximum atomic E-state index is 13.0. The van der Waals surface area contributed by atoms with Crippen LogP contribution in [0.1, 0.15) is 15.9 Å². The highest BCUT2D eigenvalue weighted by Gasteiger charge is 2.31. The molecule has 0 aliphatic carbocycles. The van der Waals surface area contributed by atoms with E-state index < -0.39 is 30.2 Å². The van der Waals surface area contributed by atoms with Crippen LogP contribution in [0.25, 0.3) is 0 Å².